The largest absolute Gasteiger partial charge is 0.461 e. The van der Waals surface area contributed by atoms with Gasteiger partial charge in [-0.3, -0.25) is 4.68 Å². The molecule has 2 heterocycles. The summed E-state index contributed by atoms with van der Waals surface area (Å²) in [6, 6.07) is 8.44. The number of aromatic nitrogens is 3. The van der Waals surface area contributed by atoms with E-state index < -0.39 is 0 Å². The Kier molecular flexibility index (Phi) is 7.13. The number of fused-ring (bicyclic) bond motifs is 1. The van der Waals surface area contributed by atoms with Gasteiger partial charge in [-0.25, -0.2) is 4.79 Å². The molecule has 5 heteroatoms. The molecule has 0 fully saturated rings. The third-order valence-corrected chi connectivity index (χ3v) is 5.30. The van der Waals surface area contributed by atoms with Crippen molar-refractivity contribution in [3.8, 4) is 11.3 Å². The minimum atomic E-state index is -0.298. The first-order valence-electron chi connectivity index (χ1n) is 10.9. The van der Waals surface area contributed by atoms with Gasteiger partial charge in [0.1, 0.15) is 5.69 Å². The summed E-state index contributed by atoms with van der Waals surface area (Å²) in [5, 5.41) is 6.01. The first-order chi connectivity index (χ1) is 14.1. The number of unbranched alkanes of at least 4 members (excludes halogenated alkanes) is 3. The van der Waals surface area contributed by atoms with Gasteiger partial charge in [0.05, 0.1) is 12.3 Å². The first kappa shape index (κ1) is 21.2. The van der Waals surface area contributed by atoms with Crippen molar-refractivity contribution in [1.82, 2.24) is 14.3 Å². The lowest BCUT2D eigenvalue weighted by Crippen LogP contribution is -2.13. The highest BCUT2D eigenvalue weighted by atomic mass is 16.5. The van der Waals surface area contributed by atoms with E-state index in [4.69, 9.17) is 9.84 Å². The normalized spacial score (nSPS) is 11.3. The van der Waals surface area contributed by atoms with E-state index in [1.807, 2.05) is 17.7 Å². The number of carbonyl (C=O) groups is 1. The molecule has 0 spiro atoms. The standard InChI is InChI=1S/C24H33N3O2/c1-5-8-10-14-27-23(24(28)29-7-3)16-21(25-27)20-17-26(13-9-6-2)22-15-18(4)11-12-19(20)22/h11-12,15-17H,5-10,13-14H2,1-4H3. The molecule has 29 heavy (non-hydrogen) atoms. The second-order valence-corrected chi connectivity index (χ2v) is 7.68. The van der Waals surface area contributed by atoms with E-state index in [-0.39, 0.29) is 5.97 Å². The highest BCUT2D eigenvalue weighted by Crippen LogP contribution is 2.31. The summed E-state index contributed by atoms with van der Waals surface area (Å²) < 4.78 is 9.43. The molecule has 0 aliphatic heterocycles. The van der Waals surface area contributed by atoms with Crippen LogP contribution in [0.5, 0.6) is 0 Å². The number of benzene rings is 1. The van der Waals surface area contributed by atoms with Crippen LogP contribution in [0.1, 0.15) is 68.9 Å². The molecule has 0 N–H and O–H groups in total. The van der Waals surface area contributed by atoms with Crippen molar-refractivity contribution in [1.29, 1.82) is 0 Å². The summed E-state index contributed by atoms with van der Waals surface area (Å²) in [5.41, 5.74) is 4.94. The first-order valence-corrected chi connectivity index (χ1v) is 10.9. The minimum Gasteiger partial charge on any atom is -0.461 e. The number of carbonyl (C=O) groups excluding carboxylic acids is 1. The molecule has 1 aromatic carbocycles. The number of rotatable bonds is 10. The van der Waals surface area contributed by atoms with Crippen molar-refractivity contribution >= 4 is 16.9 Å². The van der Waals surface area contributed by atoms with Crippen molar-refractivity contribution in [2.24, 2.45) is 0 Å². The maximum Gasteiger partial charge on any atom is 0.356 e. The lowest BCUT2D eigenvalue weighted by Gasteiger charge is -2.06. The zero-order chi connectivity index (χ0) is 20.8. The smallest absolute Gasteiger partial charge is 0.356 e. The van der Waals surface area contributed by atoms with Crippen molar-refractivity contribution in [2.45, 2.75) is 72.9 Å². The average Bonchev–Trinajstić information content (AvgIpc) is 3.28. The SMILES string of the molecule is CCCCCn1nc(-c2cn(CCCC)c3cc(C)ccc23)cc1C(=O)OCC. The fraction of sp³-hybridized carbons (Fsp3) is 0.500. The Morgan fingerprint density at radius 2 is 1.83 bits per heavy atom. The van der Waals surface area contributed by atoms with Crippen molar-refractivity contribution in [3.63, 3.8) is 0 Å². The highest BCUT2D eigenvalue weighted by Gasteiger charge is 2.20. The molecule has 2 aromatic heterocycles. The van der Waals surface area contributed by atoms with Gasteiger partial charge in [-0.2, -0.15) is 5.10 Å². The Labute approximate surface area is 173 Å². The third kappa shape index (κ3) is 4.72. The number of esters is 1. The molecule has 3 aromatic rings. The number of ether oxygens (including phenoxy) is 1. The molecule has 0 bridgehead atoms. The summed E-state index contributed by atoms with van der Waals surface area (Å²) in [5.74, 6) is -0.298. The lowest BCUT2D eigenvalue weighted by atomic mass is 10.1. The second kappa shape index (κ2) is 9.77. The van der Waals surface area contributed by atoms with E-state index in [0.717, 1.165) is 56.5 Å². The van der Waals surface area contributed by atoms with Gasteiger partial charge >= 0.3 is 5.97 Å². The van der Waals surface area contributed by atoms with Gasteiger partial charge in [-0.05, 0) is 44.4 Å². The summed E-state index contributed by atoms with van der Waals surface area (Å²) in [4.78, 5) is 12.5. The summed E-state index contributed by atoms with van der Waals surface area (Å²) in [6.07, 6.45) is 7.73. The molecular formula is C24H33N3O2. The summed E-state index contributed by atoms with van der Waals surface area (Å²) in [6.45, 7) is 10.4. The van der Waals surface area contributed by atoms with E-state index in [9.17, 15) is 4.79 Å². The Bertz CT molecular complexity index is 968. The highest BCUT2D eigenvalue weighted by molar-refractivity contribution is 5.97. The maximum atomic E-state index is 12.5. The van der Waals surface area contributed by atoms with Crippen LogP contribution in [0.2, 0.25) is 0 Å². The van der Waals surface area contributed by atoms with Crippen LogP contribution in [0.25, 0.3) is 22.2 Å². The van der Waals surface area contributed by atoms with Crippen LogP contribution in [0, 0.1) is 6.92 Å². The monoisotopic (exact) mass is 395 g/mol. The van der Waals surface area contributed by atoms with Crippen LogP contribution in [-0.2, 0) is 17.8 Å². The molecule has 0 unspecified atom stereocenters. The van der Waals surface area contributed by atoms with Gasteiger partial charge in [0.2, 0.25) is 0 Å². The predicted molar refractivity (Wildman–Crippen MR) is 118 cm³/mol. The Morgan fingerprint density at radius 3 is 2.55 bits per heavy atom. The predicted octanol–water partition coefficient (Wildman–Crippen LogP) is 5.98. The number of hydrogen-bond donors (Lipinski definition) is 0. The molecule has 0 amide bonds. The zero-order valence-corrected chi connectivity index (χ0v) is 18.2. The minimum absolute atomic E-state index is 0.298. The van der Waals surface area contributed by atoms with E-state index in [0.29, 0.717) is 12.3 Å². The molecule has 0 atom stereocenters. The molecule has 0 saturated heterocycles. The fourth-order valence-electron chi connectivity index (χ4n) is 3.72. The zero-order valence-electron chi connectivity index (χ0n) is 18.2. The molecule has 0 saturated carbocycles. The van der Waals surface area contributed by atoms with Gasteiger partial charge in [-0.1, -0.05) is 45.2 Å². The van der Waals surface area contributed by atoms with E-state index in [2.05, 4.69) is 49.7 Å². The van der Waals surface area contributed by atoms with E-state index in [1.165, 1.54) is 16.5 Å². The Balaban J connectivity index is 2.06. The quantitative estimate of drug-likeness (QED) is 0.313. The van der Waals surface area contributed by atoms with Gasteiger partial charge in [0.25, 0.3) is 0 Å². The fourth-order valence-corrected chi connectivity index (χ4v) is 3.72. The Morgan fingerprint density at radius 1 is 1.03 bits per heavy atom. The van der Waals surface area contributed by atoms with Gasteiger partial charge in [0, 0.05) is 35.8 Å². The third-order valence-electron chi connectivity index (χ3n) is 5.30. The second-order valence-electron chi connectivity index (χ2n) is 7.68. The van der Waals surface area contributed by atoms with Crippen molar-refractivity contribution in [2.75, 3.05) is 6.61 Å². The van der Waals surface area contributed by atoms with Crippen LogP contribution in [-0.4, -0.2) is 26.9 Å². The van der Waals surface area contributed by atoms with Crippen LogP contribution in [0.3, 0.4) is 0 Å². The molecule has 0 aliphatic carbocycles. The van der Waals surface area contributed by atoms with Gasteiger partial charge < -0.3 is 9.30 Å². The topological polar surface area (TPSA) is 49.0 Å². The van der Waals surface area contributed by atoms with Crippen LogP contribution in [0.4, 0.5) is 0 Å². The van der Waals surface area contributed by atoms with E-state index >= 15 is 0 Å². The van der Waals surface area contributed by atoms with E-state index in [1.54, 1.807) is 0 Å². The number of aryl methyl sites for hydroxylation is 3. The molecular weight excluding hydrogens is 362 g/mol. The number of nitrogens with zero attached hydrogens (tertiary/aromatic N) is 3. The molecule has 156 valence electrons. The molecule has 5 nitrogen and oxygen atoms in total. The summed E-state index contributed by atoms with van der Waals surface area (Å²) in [7, 11) is 0. The van der Waals surface area contributed by atoms with Crippen molar-refractivity contribution in [3.05, 3.63) is 41.7 Å². The van der Waals surface area contributed by atoms with Gasteiger partial charge in [0.15, 0.2) is 0 Å². The molecule has 0 radical (unpaired) electrons. The molecule has 3 rings (SSSR count). The molecule has 0 aliphatic rings. The van der Waals surface area contributed by atoms with Gasteiger partial charge in [-0.15, -0.1) is 0 Å². The number of hydrogen-bond acceptors (Lipinski definition) is 3. The lowest BCUT2D eigenvalue weighted by molar-refractivity contribution is 0.0511. The maximum absolute atomic E-state index is 12.5. The summed E-state index contributed by atoms with van der Waals surface area (Å²) >= 11 is 0. The van der Waals surface area contributed by atoms with Crippen LogP contribution >= 0.6 is 0 Å². The van der Waals surface area contributed by atoms with Crippen molar-refractivity contribution < 1.29 is 9.53 Å². The van der Waals surface area contributed by atoms with Crippen LogP contribution < -0.4 is 0 Å². The average molecular weight is 396 g/mol. The van der Waals surface area contributed by atoms with Crippen LogP contribution in [0.15, 0.2) is 30.5 Å². The Hall–Kier alpha value is -2.56.